The number of aliphatic hydroxyl groups is 2. The van der Waals surface area contributed by atoms with Crippen molar-refractivity contribution in [1.82, 2.24) is 5.32 Å². The Balaban J connectivity index is 2.31. The van der Waals surface area contributed by atoms with Gasteiger partial charge in [-0.05, 0) is 25.5 Å². The predicted octanol–water partition coefficient (Wildman–Crippen LogP) is 1.26. The molecule has 6 heteroatoms. The first kappa shape index (κ1) is 16.8. The third kappa shape index (κ3) is 5.81. The Kier molecular flexibility index (Phi) is 6.32. The quantitative estimate of drug-likeness (QED) is 0.674. The number of halogens is 2. The minimum atomic E-state index is -3.17. The number of rotatable bonds is 8. The van der Waals surface area contributed by atoms with Gasteiger partial charge >= 0.3 is 0 Å². The summed E-state index contributed by atoms with van der Waals surface area (Å²) in [6, 6.07) is 5.67. The molecule has 20 heavy (non-hydrogen) atoms. The highest BCUT2D eigenvalue weighted by atomic mass is 19.3. The molecule has 1 atom stereocenters. The van der Waals surface area contributed by atoms with Crippen molar-refractivity contribution in [3.63, 3.8) is 0 Å². The van der Waals surface area contributed by atoms with Crippen molar-refractivity contribution in [2.45, 2.75) is 25.9 Å². The molecule has 0 aliphatic rings. The maximum atomic E-state index is 12.7. The van der Waals surface area contributed by atoms with Gasteiger partial charge in [-0.25, -0.2) is 8.78 Å². The first-order valence-corrected chi connectivity index (χ1v) is 6.41. The Bertz CT molecular complexity index is 427. The van der Waals surface area contributed by atoms with Crippen molar-refractivity contribution in [3.05, 3.63) is 29.3 Å². The van der Waals surface area contributed by atoms with Crippen LogP contribution < -0.4 is 10.1 Å². The number of alkyl halides is 2. The van der Waals surface area contributed by atoms with Crippen LogP contribution in [0.1, 0.15) is 11.1 Å². The molecule has 0 heterocycles. The topological polar surface area (TPSA) is 61.7 Å². The molecule has 0 fully saturated rings. The van der Waals surface area contributed by atoms with Gasteiger partial charge in [0.2, 0.25) is 0 Å². The van der Waals surface area contributed by atoms with E-state index in [-0.39, 0.29) is 13.2 Å². The average molecular weight is 289 g/mol. The normalized spacial score (nSPS) is 13.3. The van der Waals surface area contributed by atoms with Crippen molar-refractivity contribution in [2.75, 3.05) is 26.3 Å². The molecule has 1 aromatic carbocycles. The minimum Gasteiger partial charge on any atom is -0.491 e. The fourth-order valence-corrected chi connectivity index (χ4v) is 1.68. The van der Waals surface area contributed by atoms with E-state index in [9.17, 15) is 13.9 Å². The van der Waals surface area contributed by atoms with Crippen molar-refractivity contribution < 1.29 is 23.7 Å². The van der Waals surface area contributed by atoms with E-state index in [1.807, 2.05) is 32.0 Å². The second kappa shape index (κ2) is 7.52. The van der Waals surface area contributed by atoms with Crippen LogP contribution in [-0.2, 0) is 0 Å². The molecule has 0 aromatic heterocycles. The van der Waals surface area contributed by atoms with E-state index >= 15 is 0 Å². The van der Waals surface area contributed by atoms with Crippen LogP contribution in [0.4, 0.5) is 8.78 Å². The van der Waals surface area contributed by atoms with Crippen molar-refractivity contribution in [3.8, 4) is 5.75 Å². The molecule has 4 nitrogen and oxygen atoms in total. The van der Waals surface area contributed by atoms with Gasteiger partial charge in [-0.15, -0.1) is 0 Å². The molecule has 1 unspecified atom stereocenters. The molecule has 0 amide bonds. The lowest BCUT2D eigenvalue weighted by molar-refractivity contribution is -0.0493. The molecule has 0 aliphatic heterocycles. The molecule has 0 aliphatic carbocycles. The number of hydrogen-bond acceptors (Lipinski definition) is 4. The van der Waals surface area contributed by atoms with Crippen LogP contribution in [-0.4, -0.2) is 48.5 Å². The standard InChI is InChI=1S/C14H21F2NO3/c1-10-3-4-13(11(2)5-10)20-7-12(19)6-17-8-14(15,16)9-18/h3-5,12,17-19H,6-9H2,1-2H3. The van der Waals surface area contributed by atoms with Gasteiger partial charge in [0.25, 0.3) is 5.92 Å². The molecule has 0 saturated carbocycles. The lowest BCUT2D eigenvalue weighted by Gasteiger charge is -2.17. The third-order valence-electron chi connectivity index (χ3n) is 2.76. The summed E-state index contributed by atoms with van der Waals surface area (Å²) in [4.78, 5) is 0. The Labute approximate surface area is 117 Å². The molecular formula is C14H21F2NO3. The third-order valence-corrected chi connectivity index (χ3v) is 2.76. The second-order valence-corrected chi connectivity index (χ2v) is 4.88. The van der Waals surface area contributed by atoms with Gasteiger partial charge in [0.15, 0.2) is 0 Å². The van der Waals surface area contributed by atoms with E-state index in [0.717, 1.165) is 11.1 Å². The Morgan fingerprint density at radius 3 is 2.65 bits per heavy atom. The first-order valence-electron chi connectivity index (χ1n) is 6.41. The summed E-state index contributed by atoms with van der Waals surface area (Å²) in [5.41, 5.74) is 2.07. The fraction of sp³-hybridized carbons (Fsp3) is 0.571. The smallest absolute Gasteiger partial charge is 0.282 e. The zero-order valence-electron chi connectivity index (χ0n) is 11.7. The number of hydrogen-bond donors (Lipinski definition) is 3. The van der Waals surface area contributed by atoms with Gasteiger partial charge < -0.3 is 20.3 Å². The predicted molar refractivity (Wildman–Crippen MR) is 72.3 cm³/mol. The van der Waals surface area contributed by atoms with Crippen molar-refractivity contribution in [1.29, 1.82) is 0 Å². The summed E-state index contributed by atoms with van der Waals surface area (Å²) in [6.07, 6.45) is -0.898. The molecule has 0 radical (unpaired) electrons. The van der Waals surface area contributed by atoms with Crippen LogP contribution in [0.5, 0.6) is 5.75 Å². The summed E-state index contributed by atoms with van der Waals surface area (Å²) in [6.45, 7) is 1.97. The maximum absolute atomic E-state index is 12.7. The zero-order valence-corrected chi connectivity index (χ0v) is 11.7. The van der Waals surface area contributed by atoms with Crippen LogP contribution in [0.2, 0.25) is 0 Å². The summed E-state index contributed by atoms with van der Waals surface area (Å²) in [5, 5.41) is 20.4. The van der Waals surface area contributed by atoms with Crippen LogP contribution >= 0.6 is 0 Å². The SMILES string of the molecule is Cc1ccc(OCC(O)CNCC(F)(F)CO)c(C)c1. The largest absolute Gasteiger partial charge is 0.491 e. The zero-order chi connectivity index (χ0) is 15.2. The summed E-state index contributed by atoms with van der Waals surface area (Å²) >= 11 is 0. The average Bonchev–Trinajstić information content (AvgIpc) is 2.37. The number of nitrogens with one attached hydrogen (secondary N) is 1. The Hall–Kier alpha value is -1.24. The van der Waals surface area contributed by atoms with Gasteiger partial charge in [-0.2, -0.15) is 0 Å². The summed E-state index contributed by atoms with van der Waals surface area (Å²) in [5.74, 6) is -2.51. The monoisotopic (exact) mass is 289 g/mol. The number of benzene rings is 1. The Morgan fingerprint density at radius 1 is 1.35 bits per heavy atom. The van der Waals surface area contributed by atoms with Gasteiger partial charge in [0, 0.05) is 6.54 Å². The van der Waals surface area contributed by atoms with E-state index in [2.05, 4.69) is 5.32 Å². The molecule has 0 spiro atoms. The molecule has 0 bridgehead atoms. The lowest BCUT2D eigenvalue weighted by atomic mass is 10.1. The molecule has 1 aromatic rings. The number of ether oxygens (including phenoxy) is 1. The molecule has 114 valence electrons. The summed E-state index contributed by atoms with van der Waals surface area (Å²) < 4.78 is 30.9. The van der Waals surface area contributed by atoms with Crippen molar-refractivity contribution >= 4 is 0 Å². The fourth-order valence-electron chi connectivity index (χ4n) is 1.68. The van der Waals surface area contributed by atoms with Gasteiger partial charge in [-0.1, -0.05) is 17.7 Å². The number of aryl methyl sites for hydroxylation is 2. The lowest BCUT2D eigenvalue weighted by Crippen LogP contribution is -2.40. The van der Waals surface area contributed by atoms with Crippen molar-refractivity contribution in [2.24, 2.45) is 0 Å². The van der Waals surface area contributed by atoms with E-state index in [4.69, 9.17) is 9.84 Å². The Morgan fingerprint density at radius 2 is 2.05 bits per heavy atom. The van der Waals surface area contributed by atoms with E-state index in [0.29, 0.717) is 5.75 Å². The molecule has 0 saturated heterocycles. The summed E-state index contributed by atoms with van der Waals surface area (Å²) in [7, 11) is 0. The van der Waals surface area contributed by atoms with Crippen LogP contribution in [0.25, 0.3) is 0 Å². The molecule has 1 rings (SSSR count). The van der Waals surface area contributed by atoms with Crippen LogP contribution in [0.15, 0.2) is 18.2 Å². The van der Waals surface area contributed by atoms with Gasteiger partial charge in [0.1, 0.15) is 25.1 Å². The molecular weight excluding hydrogens is 268 g/mol. The van der Waals surface area contributed by atoms with Gasteiger partial charge in [-0.3, -0.25) is 0 Å². The molecule has 3 N–H and O–H groups in total. The highest BCUT2D eigenvalue weighted by molar-refractivity contribution is 5.35. The van der Waals surface area contributed by atoms with Gasteiger partial charge in [0.05, 0.1) is 6.54 Å². The van der Waals surface area contributed by atoms with E-state index in [1.54, 1.807) is 0 Å². The second-order valence-electron chi connectivity index (χ2n) is 4.88. The minimum absolute atomic E-state index is 0.0155. The van der Waals surface area contributed by atoms with Crippen LogP contribution in [0, 0.1) is 13.8 Å². The highest BCUT2D eigenvalue weighted by Crippen LogP contribution is 2.18. The first-order chi connectivity index (χ1) is 9.34. The van der Waals surface area contributed by atoms with Crippen LogP contribution in [0.3, 0.4) is 0 Å². The number of aliphatic hydroxyl groups excluding tert-OH is 2. The van der Waals surface area contributed by atoms with E-state index in [1.165, 1.54) is 0 Å². The highest BCUT2D eigenvalue weighted by Gasteiger charge is 2.27. The maximum Gasteiger partial charge on any atom is 0.282 e. The van der Waals surface area contributed by atoms with E-state index < -0.39 is 25.2 Å².